The summed E-state index contributed by atoms with van der Waals surface area (Å²) in [6, 6.07) is 14.2. The maximum atomic E-state index is 13.6. The number of carbonyl (C=O) groups is 1. The van der Waals surface area contributed by atoms with Gasteiger partial charge >= 0.3 is 0 Å². The van der Waals surface area contributed by atoms with Gasteiger partial charge in [-0.25, -0.2) is 8.78 Å². The molecule has 0 saturated carbocycles. The molecule has 0 N–H and O–H groups in total. The van der Waals surface area contributed by atoms with Crippen molar-refractivity contribution in [3.8, 4) is 5.75 Å². The number of ketones is 1. The molecule has 0 heterocycles. The van der Waals surface area contributed by atoms with Gasteiger partial charge in [0.05, 0.1) is 12.7 Å². The molecule has 0 aliphatic heterocycles. The molecule has 120 valence electrons. The predicted molar refractivity (Wildman–Crippen MR) is 90.2 cm³/mol. The Morgan fingerprint density at radius 2 is 1.71 bits per heavy atom. The summed E-state index contributed by atoms with van der Waals surface area (Å²) in [4.78, 5) is 12.0. The number of carbonyl (C=O) groups excluding carboxylic acids is 1. The van der Waals surface area contributed by atoms with Crippen molar-refractivity contribution in [2.24, 2.45) is 0 Å². The Balaban J connectivity index is 1.87. The fraction of sp³-hybridized carbons (Fsp3) is 0.0500. The number of hydrogen-bond donors (Lipinski definition) is 0. The van der Waals surface area contributed by atoms with Gasteiger partial charge < -0.3 is 4.74 Å². The lowest BCUT2D eigenvalue weighted by molar-refractivity contribution is 0.104. The van der Waals surface area contributed by atoms with Crippen LogP contribution in [0.5, 0.6) is 5.75 Å². The Morgan fingerprint density at radius 3 is 2.50 bits per heavy atom. The van der Waals surface area contributed by atoms with Gasteiger partial charge in [0, 0.05) is 0 Å². The molecule has 0 unspecified atom stereocenters. The molecule has 0 atom stereocenters. The van der Waals surface area contributed by atoms with E-state index < -0.39 is 17.4 Å². The SMILES string of the molecule is COc1ccc2cc(/C=C/C(=O)c3cc(F)ccc3F)ccc2c1. The third-order valence-corrected chi connectivity index (χ3v) is 3.69. The summed E-state index contributed by atoms with van der Waals surface area (Å²) in [5.41, 5.74) is 0.509. The van der Waals surface area contributed by atoms with Crippen LogP contribution >= 0.6 is 0 Å². The van der Waals surface area contributed by atoms with Crippen molar-refractivity contribution in [1.29, 1.82) is 0 Å². The van der Waals surface area contributed by atoms with Gasteiger partial charge in [-0.1, -0.05) is 24.3 Å². The highest BCUT2D eigenvalue weighted by Gasteiger charge is 2.10. The molecular weight excluding hydrogens is 310 g/mol. The monoisotopic (exact) mass is 324 g/mol. The Morgan fingerprint density at radius 1 is 0.958 bits per heavy atom. The van der Waals surface area contributed by atoms with E-state index in [4.69, 9.17) is 4.74 Å². The lowest BCUT2D eigenvalue weighted by Crippen LogP contribution is -1.99. The number of ether oxygens (including phenoxy) is 1. The first-order chi connectivity index (χ1) is 11.6. The number of rotatable bonds is 4. The van der Waals surface area contributed by atoms with Crippen molar-refractivity contribution >= 4 is 22.6 Å². The maximum Gasteiger partial charge on any atom is 0.188 e. The van der Waals surface area contributed by atoms with Gasteiger partial charge in [-0.3, -0.25) is 4.79 Å². The van der Waals surface area contributed by atoms with Crippen molar-refractivity contribution in [3.63, 3.8) is 0 Å². The van der Waals surface area contributed by atoms with Gasteiger partial charge in [0.1, 0.15) is 17.4 Å². The third-order valence-electron chi connectivity index (χ3n) is 3.69. The van der Waals surface area contributed by atoms with Gasteiger partial charge in [0.15, 0.2) is 5.78 Å². The van der Waals surface area contributed by atoms with Crippen LogP contribution in [0.25, 0.3) is 16.8 Å². The van der Waals surface area contributed by atoms with Crippen LogP contribution in [0.2, 0.25) is 0 Å². The smallest absolute Gasteiger partial charge is 0.188 e. The number of allylic oxidation sites excluding steroid dienone is 1. The summed E-state index contributed by atoms with van der Waals surface area (Å²) in [7, 11) is 1.61. The number of fused-ring (bicyclic) bond motifs is 1. The Labute approximate surface area is 138 Å². The zero-order valence-electron chi connectivity index (χ0n) is 12.9. The number of methoxy groups -OCH3 is 1. The first-order valence-corrected chi connectivity index (χ1v) is 7.32. The van der Waals surface area contributed by atoms with E-state index in [1.165, 1.54) is 6.08 Å². The van der Waals surface area contributed by atoms with Crippen molar-refractivity contribution in [2.45, 2.75) is 0 Å². The molecule has 0 fully saturated rings. The molecule has 0 amide bonds. The van der Waals surface area contributed by atoms with E-state index in [1.807, 2.05) is 36.4 Å². The number of benzene rings is 3. The predicted octanol–water partition coefficient (Wildman–Crippen LogP) is 5.02. The van der Waals surface area contributed by atoms with E-state index in [-0.39, 0.29) is 5.56 Å². The second kappa shape index (κ2) is 6.62. The Kier molecular flexibility index (Phi) is 4.38. The zero-order valence-corrected chi connectivity index (χ0v) is 12.9. The zero-order chi connectivity index (χ0) is 17.1. The minimum atomic E-state index is -0.739. The van der Waals surface area contributed by atoms with Crippen molar-refractivity contribution < 1.29 is 18.3 Å². The standard InChI is InChI=1S/C20H14F2O2/c1-24-17-7-5-14-10-13(2-4-15(14)11-17)3-9-20(23)18-12-16(21)6-8-19(18)22/h2-12H,1H3/b9-3+. The van der Waals surface area contributed by atoms with Gasteiger partial charge in [0.2, 0.25) is 0 Å². The summed E-state index contributed by atoms with van der Waals surface area (Å²) in [5, 5.41) is 2.00. The maximum absolute atomic E-state index is 13.6. The average molecular weight is 324 g/mol. The quantitative estimate of drug-likeness (QED) is 0.497. The molecule has 2 nitrogen and oxygen atoms in total. The third kappa shape index (κ3) is 3.33. The molecule has 3 aromatic carbocycles. The summed E-state index contributed by atoms with van der Waals surface area (Å²) in [6.45, 7) is 0. The largest absolute Gasteiger partial charge is 0.497 e. The van der Waals surface area contributed by atoms with Gasteiger partial charge in [0.25, 0.3) is 0 Å². The van der Waals surface area contributed by atoms with Crippen molar-refractivity contribution in [2.75, 3.05) is 7.11 Å². The lowest BCUT2D eigenvalue weighted by Gasteiger charge is -2.03. The fourth-order valence-electron chi connectivity index (χ4n) is 2.42. The Hall–Kier alpha value is -3.01. The van der Waals surface area contributed by atoms with Crippen LogP contribution in [-0.2, 0) is 0 Å². The molecule has 0 spiro atoms. The first-order valence-electron chi connectivity index (χ1n) is 7.32. The Bertz CT molecular complexity index is 946. The van der Waals surface area contributed by atoms with E-state index in [9.17, 15) is 13.6 Å². The minimum absolute atomic E-state index is 0.281. The minimum Gasteiger partial charge on any atom is -0.497 e. The van der Waals surface area contributed by atoms with Gasteiger partial charge in [-0.2, -0.15) is 0 Å². The highest BCUT2D eigenvalue weighted by molar-refractivity contribution is 6.07. The average Bonchev–Trinajstić information content (AvgIpc) is 2.61. The first kappa shape index (κ1) is 15.9. The molecule has 3 rings (SSSR count). The highest BCUT2D eigenvalue weighted by atomic mass is 19.1. The topological polar surface area (TPSA) is 26.3 Å². The highest BCUT2D eigenvalue weighted by Crippen LogP contribution is 2.22. The van der Waals surface area contributed by atoms with Crippen molar-refractivity contribution in [3.05, 3.63) is 83.4 Å². The van der Waals surface area contributed by atoms with Crippen LogP contribution in [0, 0.1) is 11.6 Å². The normalized spacial score (nSPS) is 11.1. The number of hydrogen-bond acceptors (Lipinski definition) is 2. The molecule has 0 aliphatic rings. The second-order valence-electron chi connectivity index (χ2n) is 5.29. The van der Waals surface area contributed by atoms with E-state index in [0.717, 1.165) is 40.3 Å². The van der Waals surface area contributed by atoms with E-state index in [0.29, 0.717) is 0 Å². The van der Waals surface area contributed by atoms with Crippen LogP contribution in [0.4, 0.5) is 8.78 Å². The molecule has 3 aromatic rings. The summed E-state index contributed by atoms with van der Waals surface area (Å²) < 4.78 is 31.9. The lowest BCUT2D eigenvalue weighted by atomic mass is 10.0. The van der Waals surface area contributed by atoms with Crippen LogP contribution in [0.1, 0.15) is 15.9 Å². The van der Waals surface area contributed by atoms with Gasteiger partial charge in [-0.05, 0) is 58.8 Å². The summed E-state index contributed by atoms with van der Waals surface area (Å²) in [5.74, 6) is -1.20. The van der Waals surface area contributed by atoms with Crippen LogP contribution in [0.15, 0.2) is 60.7 Å². The van der Waals surface area contributed by atoms with Gasteiger partial charge in [-0.15, -0.1) is 0 Å². The molecule has 0 aromatic heterocycles. The van der Waals surface area contributed by atoms with E-state index in [1.54, 1.807) is 13.2 Å². The molecule has 0 saturated heterocycles. The van der Waals surface area contributed by atoms with E-state index in [2.05, 4.69) is 0 Å². The molecule has 4 heteroatoms. The molecule has 0 aliphatic carbocycles. The van der Waals surface area contributed by atoms with Crippen molar-refractivity contribution in [1.82, 2.24) is 0 Å². The van der Waals surface area contributed by atoms with Crippen LogP contribution in [0.3, 0.4) is 0 Å². The summed E-state index contributed by atoms with van der Waals surface area (Å²) in [6.07, 6.45) is 2.82. The molecule has 0 radical (unpaired) electrons. The fourth-order valence-corrected chi connectivity index (χ4v) is 2.42. The molecule has 24 heavy (non-hydrogen) atoms. The second-order valence-corrected chi connectivity index (χ2v) is 5.29. The molecular formula is C20H14F2O2. The van der Waals surface area contributed by atoms with E-state index >= 15 is 0 Å². The molecule has 0 bridgehead atoms. The summed E-state index contributed by atoms with van der Waals surface area (Å²) >= 11 is 0. The van der Waals surface area contributed by atoms with Crippen LogP contribution < -0.4 is 4.74 Å². The van der Waals surface area contributed by atoms with Crippen LogP contribution in [-0.4, -0.2) is 12.9 Å². The number of halogens is 2.